The third-order valence-electron chi connectivity index (χ3n) is 5.12. The fourth-order valence-electron chi connectivity index (χ4n) is 3.29. The number of nitrogens with two attached hydrogens (primary N) is 1. The Labute approximate surface area is 178 Å². The Kier molecular flexibility index (Phi) is 8.88. The highest BCUT2D eigenvalue weighted by Crippen LogP contribution is 2.24. The fourth-order valence-corrected chi connectivity index (χ4v) is 3.29. The van der Waals surface area contributed by atoms with Gasteiger partial charge in [-0.25, -0.2) is 0 Å². The lowest BCUT2D eigenvalue weighted by molar-refractivity contribution is -0.139. The van der Waals surface area contributed by atoms with E-state index in [2.05, 4.69) is 22.0 Å². The van der Waals surface area contributed by atoms with Gasteiger partial charge in [0.15, 0.2) is 5.82 Å². The maximum atomic E-state index is 13.0. The van der Waals surface area contributed by atoms with Gasteiger partial charge in [-0.2, -0.15) is 4.98 Å². The Morgan fingerprint density at radius 3 is 2.36 bits per heavy atom. The van der Waals surface area contributed by atoms with Crippen molar-refractivity contribution in [1.29, 1.82) is 0 Å². The molecule has 9 heteroatoms. The maximum absolute atomic E-state index is 13.0. The molecule has 156 valence electrons. The molecular weight excluding hydrogens is 401 g/mol. The first-order valence-corrected chi connectivity index (χ1v) is 9.13. The molecule has 0 spiro atoms. The Balaban J connectivity index is 0.00000196. The molecule has 3 rings (SSSR count). The Morgan fingerprint density at radius 1 is 1.21 bits per heavy atom. The number of hydrogen-bond donors (Lipinski definition) is 1. The number of amides is 1. The van der Waals surface area contributed by atoms with Crippen molar-refractivity contribution in [2.24, 2.45) is 5.73 Å². The second-order valence-corrected chi connectivity index (χ2v) is 6.97. The average Bonchev–Trinajstić information content (AvgIpc) is 3.17. The number of benzene rings is 1. The van der Waals surface area contributed by atoms with Crippen LogP contribution in [0.5, 0.6) is 0 Å². The average molecular weight is 430 g/mol. The summed E-state index contributed by atoms with van der Waals surface area (Å²) in [6.45, 7) is 8.62. The molecule has 1 aromatic heterocycles. The minimum Gasteiger partial charge on any atom is -0.338 e. The van der Waals surface area contributed by atoms with Crippen LogP contribution in [0.1, 0.15) is 44.1 Å². The number of nitrogens with zero attached hydrogens (tertiary/aromatic N) is 4. The van der Waals surface area contributed by atoms with Crippen LogP contribution in [0, 0.1) is 0 Å². The van der Waals surface area contributed by atoms with E-state index in [1.165, 1.54) is 0 Å². The molecule has 1 fully saturated rings. The van der Waals surface area contributed by atoms with Crippen LogP contribution in [0.15, 0.2) is 34.9 Å². The number of aromatic nitrogens is 2. The van der Waals surface area contributed by atoms with E-state index in [0.29, 0.717) is 19.0 Å². The van der Waals surface area contributed by atoms with Gasteiger partial charge in [-0.05, 0) is 19.4 Å². The first-order valence-electron chi connectivity index (χ1n) is 9.13. The highest BCUT2D eigenvalue weighted by molar-refractivity contribution is 5.87. The maximum Gasteiger partial charge on any atom is 0.247 e. The van der Waals surface area contributed by atoms with E-state index in [1.54, 1.807) is 6.92 Å². The molecule has 0 radical (unpaired) electrons. The lowest BCUT2D eigenvalue weighted by atomic mass is 9.91. The molecule has 1 aliphatic heterocycles. The molecule has 2 aromatic rings. The molecular formula is C19H29Cl2N5O2. The van der Waals surface area contributed by atoms with Gasteiger partial charge < -0.3 is 15.2 Å². The van der Waals surface area contributed by atoms with Crippen molar-refractivity contribution < 1.29 is 9.32 Å². The van der Waals surface area contributed by atoms with Gasteiger partial charge in [0.2, 0.25) is 11.8 Å². The van der Waals surface area contributed by atoms with Crippen molar-refractivity contribution in [2.45, 2.75) is 38.8 Å². The third kappa shape index (κ3) is 5.03. The Bertz CT molecular complexity index is 746. The normalized spacial score (nSPS) is 17.8. The van der Waals surface area contributed by atoms with Crippen molar-refractivity contribution in [1.82, 2.24) is 19.9 Å². The van der Waals surface area contributed by atoms with Crippen LogP contribution in [-0.4, -0.2) is 52.0 Å². The summed E-state index contributed by atoms with van der Waals surface area (Å²) < 4.78 is 5.35. The number of rotatable bonds is 5. The van der Waals surface area contributed by atoms with E-state index in [0.717, 1.165) is 30.9 Å². The Hall–Kier alpha value is -1.67. The van der Waals surface area contributed by atoms with Crippen molar-refractivity contribution in [3.63, 3.8) is 0 Å². The quantitative estimate of drug-likeness (QED) is 0.785. The van der Waals surface area contributed by atoms with Crippen LogP contribution in [0.4, 0.5) is 0 Å². The summed E-state index contributed by atoms with van der Waals surface area (Å²) >= 11 is 0. The molecule has 1 aliphatic rings. The predicted octanol–water partition coefficient (Wildman–Crippen LogP) is 2.55. The largest absolute Gasteiger partial charge is 0.338 e. The number of aryl methyl sites for hydroxylation is 1. The molecule has 2 atom stereocenters. The van der Waals surface area contributed by atoms with Gasteiger partial charge in [-0.3, -0.25) is 9.69 Å². The van der Waals surface area contributed by atoms with Crippen molar-refractivity contribution in [3.8, 4) is 0 Å². The standard InChI is InChI=1S/C19H27N5O2.2ClH/c1-4-16-21-17(26-22-16)14(2)23-10-12-24(13-11-23)18(25)19(3,20)15-8-6-5-7-9-15;;/h5-9,14H,4,10-13,20H2,1-3H3;2*1H. The number of carbonyl (C=O) groups is 1. The van der Waals surface area contributed by atoms with Crippen LogP contribution in [0.2, 0.25) is 0 Å². The van der Waals surface area contributed by atoms with Gasteiger partial charge in [0.1, 0.15) is 5.54 Å². The molecule has 0 saturated carbocycles. The molecule has 0 aliphatic carbocycles. The highest BCUT2D eigenvalue weighted by Gasteiger charge is 2.36. The summed E-state index contributed by atoms with van der Waals surface area (Å²) in [5.74, 6) is 1.32. The molecule has 7 nitrogen and oxygen atoms in total. The van der Waals surface area contributed by atoms with Crippen molar-refractivity contribution >= 4 is 30.7 Å². The van der Waals surface area contributed by atoms with Crippen LogP contribution < -0.4 is 5.73 Å². The monoisotopic (exact) mass is 429 g/mol. The van der Waals surface area contributed by atoms with Crippen molar-refractivity contribution in [2.75, 3.05) is 26.2 Å². The van der Waals surface area contributed by atoms with Gasteiger partial charge in [0.05, 0.1) is 6.04 Å². The van der Waals surface area contributed by atoms with Gasteiger partial charge in [-0.1, -0.05) is 42.4 Å². The van der Waals surface area contributed by atoms with E-state index < -0.39 is 5.54 Å². The molecule has 2 unspecified atom stereocenters. The summed E-state index contributed by atoms with van der Waals surface area (Å²) in [6.07, 6.45) is 0.757. The summed E-state index contributed by atoms with van der Waals surface area (Å²) in [5, 5.41) is 3.97. The lowest BCUT2D eigenvalue weighted by Gasteiger charge is -2.40. The topological polar surface area (TPSA) is 88.5 Å². The first kappa shape index (κ1) is 24.4. The summed E-state index contributed by atoms with van der Waals surface area (Å²) in [5.41, 5.74) is 6.19. The molecule has 1 amide bonds. The third-order valence-corrected chi connectivity index (χ3v) is 5.12. The molecule has 0 bridgehead atoms. The zero-order valence-electron chi connectivity index (χ0n) is 16.5. The van der Waals surface area contributed by atoms with Crippen LogP contribution in [0.3, 0.4) is 0 Å². The number of hydrogen-bond acceptors (Lipinski definition) is 6. The van der Waals surface area contributed by atoms with E-state index >= 15 is 0 Å². The van der Waals surface area contributed by atoms with Crippen LogP contribution >= 0.6 is 24.8 Å². The van der Waals surface area contributed by atoms with Gasteiger partial charge >= 0.3 is 0 Å². The highest BCUT2D eigenvalue weighted by atomic mass is 35.5. The minimum atomic E-state index is -1.02. The molecule has 1 saturated heterocycles. The van der Waals surface area contributed by atoms with Gasteiger partial charge in [0, 0.05) is 32.6 Å². The van der Waals surface area contributed by atoms with Crippen LogP contribution in [0.25, 0.3) is 0 Å². The summed E-state index contributed by atoms with van der Waals surface area (Å²) in [6, 6.07) is 9.57. The zero-order chi connectivity index (χ0) is 18.7. The van der Waals surface area contributed by atoms with Gasteiger partial charge in [0.25, 0.3) is 0 Å². The van der Waals surface area contributed by atoms with E-state index in [9.17, 15) is 4.79 Å². The molecule has 1 aromatic carbocycles. The summed E-state index contributed by atoms with van der Waals surface area (Å²) in [7, 11) is 0. The van der Waals surface area contributed by atoms with E-state index in [-0.39, 0.29) is 36.8 Å². The van der Waals surface area contributed by atoms with E-state index in [1.807, 2.05) is 42.2 Å². The SMILES string of the molecule is CCc1noc(C(C)N2CCN(C(=O)C(C)(N)c3ccccc3)CC2)n1.Cl.Cl. The molecule has 2 N–H and O–H groups in total. The number of halogens is 2. The molecule has 28 heavy (non-hydrogen) atoms. The second-order valence-electron chi connectivity index (χ2n) is 6.97. The Morgan fingerprint density at radius 2 is 1.82 bits per heavy atom. The van der Waals surface area contributed by atoms with Gasteiger partial charge in [-0.15, -0.1) is 24.8 Å². The zero-order valence-corrected chi connectivity index (χ0v) is 18.1. The molecule has 2 heterocycles. The van der Waals surface area contributed by atoms with E-state index in [4.69, 9.17) is 10.3 Å². The number of carbonyl (C=O) groups excluding carboxylic acids is 1. The summed E-state index contributed by atoms with van der Waals surface area (Å²) in [4.78, 5) is 21.5. The number of piperazine rings is 1. The smallest absolute Gasteiger partial charge is 0.247 e. The fraction of sp³-hybridized carbons (Fsp3) is 0.526. The van der Waals surface area contributed by atoms with Crippen LogP contribution in [-0.2, 0) is 16.8 Å². The predicted molar refractivity (Wildman–Crippen MR) is 113 cm³/mol. The first-order chi connectivity index (χ1) is 12.4. The van der Waals surface area contributed by atoms with Crippen molar-refractivity contribution in [3.05, 3.63) is 47.6 Å². The minimum absolute atomic E-state index is 0. The second kappa shape index (κ2) is 10.2. The lowest BCUT2D eigenvalue weighted by Crippen LogP contribution is -2.56.